The van der Waals surface area contributed by atoms with Gasteiger partial charge in [-0.2, -0.15) is 0 Å². The molecular formula is C12H21N. The molecule has 0 aromatic carbocycles. The summed E-state index contributed by atoms with van der Waals surface area (Å²) >= 11 is 0. The maximum Gasteiger partial charge on any atom is 0.0103 e. The maximum atomic E-state index is 3.44. The van der Waals surface area contributed by atoms with Crippen LogP contribution in [0, 0.1) is 17.8 Å². The van der Waals surface area contributed by atoms with Gasteiger partial charge in [-0.05, 0) is 39.2 Å². The zero-order valence-electron chi connectivity index (χ0n) is 8.90. The number of nitrogens with one attached hydrogen (secondary N) is 1. The van der Waals surface area contributed by atoms with E-state index in [2.05, 4.69) is 24.2 Å². The Labute approximate surface area is 82.3 Å². The SMILES string of the molecule is CC#CCCC(NC)C1CCCC1. The van der Waals surface area contributed by atoms with Crippen molar-refractivity contribution in [3.8, 4) is 11.8 Å². The molecule has 0 aliphatic heterocycles. The summed E-state index contributed by atoms with van der Waals surface area (Å²) in [6, 6.07) is 0.711. The first-order chi connectivity index (χ1) is 6.38. The largest absolute Gasteiger partial charge is 0.317 e. The van der Waals surface area contributed by atoms with Crippen LogP contribution in [0.25, 0.3) is 0 Å². The van der Waals surface area contributed by atoms with Gasteiger partial charge < -0.3 is 5.32 Å². The maximum absolute atomic E-state index is 3.44. The van der Waals surface area contributed by atoms with Crippen molar-refractivity contribution < 1.29 is 0 Å². The molecule has 74 valence electrons. The van der Waals surface area contributed by atoms with Crippen LogP contribution in [0.4, 0.5) is 0 Å². The molecule has 1 saturated carbocycles. The van der Waals surface area contributed by atoms with Gasteiger partial charge in [-0.1, -0.05) is 12.8 Å². The molecule has 0 aromatic heterocycles. The predicted molar refractivity (Wildman–Crippen MR) is 57.5 cm³/mol. The Balaban J connectivity index is 2.27. The molecule has 13 heavy (non-hydrogen) atoms. The van der Waals surface area contributed by atoms with Crippen LogP contribution in [0.3, 0.4) is 0 Å². The van der Waals surface area contributed by atoms with Crippen LogP contribution >= 0.6 is 0 Å². The second kappa shape index (κ2) is 6.05. The summed E-state index contributed by atoms with van der Waals surface area (Å²) in [6.07, 6.45) is 7.99. The lowest BCUT2D eigenvalue weighted by Gasteiger charge is -2.21. The summed E-state index contributed by atoms with van der Waals surface area (Å²) in [5, 5.41) is 3.44. The van der Waals surface area contributed by atoms with Gasteiger partial charge in [0.1, 0.15) is 0 Å². The fraction of sp³-hybridized carbons (Fsp3) is 0.833. The normalized spacial score (nSPS) is 19.5. The van der Waals surface area contributed by atoms with Crippen molar-refractivity contribution in [1.82, 2.24) is 5.32 Å². The minimum atomic E-state index is 0.711. The van der Waals surface area contributed by atoms with E-state index in [1.54, 1.807) is 0 Å². The molecule has 1 heteroatoms. The third-order valence-electron chi connectivity index (χ3n) is 3.10. The summed E-state index contributed by atoms with van der Waals surface area (Å²) in [7, 11) is 2.09. The van der Waals surface area contributed by atoms with Crippen molar-refractivity contribution in [2.75, 3.05) is 7.05 Å². The number of hydrogen-bond donors (Lipinski definition) is 1. The van der Waals surface area contributed by atoms with Gasteiger partial charge >= 0.3 is 0 Å². The number of hydrogen-bond acceptors (Lipinski definition) is 1. The highest BCUT2D eigenvalue weighted by Gasteiger charge is 2.22. The van der Waals surface area contributed by atoms with Gasteiger partial charge in [-0.15, -0.1) is 11.8 Å². The van der Waals surface area contributed by atoms with Gasteiger partial charge in [0.2, 0.25) is 0 Å². The first kappa shape index (κ1) is 10.6. The third-order valence-corrected chi connectivity index (χ3v) is 3.10. The molecule has 1 unspecified atom stereocenters. The number of rotatable bonds is 4. The van der Waals surface area contributed by atoms with E-state index in [9.17, 15) is 0 Å². The molecule has 1 aliphatic rings. The Morgan fingerprint density at radius 3 is 2.62 bits per heavy atom. The lowest BCUT2D eigenvalue weighted by Crippen LogP contribution is -2.31. The van der Waals surface area contributed by atoms with Crippen LogP contribution < -0.4 is 5.32 Å². The van der Waals surface area contributed by atoms with Crippen molar-refractivity contribution in [3.63, 3.8) is 0 Å². The van der Waals surface area contributed by atoms with Gasteiger partial charge in [0, 0.05) is 12.5 Å². The van der Waals surface area contributed by atoms with Crippen LogP contribution in [0.5, 0.6) is 0 Å². The fourth-order valence-electron chi connectivity index (χ4n) is 2.33. The standard InChI is InChI=1S/C12H21N/c1-3-4-5-10-12(13-2)11-8-6-7-9-11/h11-13H,5-10H2,1-2H3. The highest BCUT2D eigenvalue weighted by molar-refractivity contribution is 4.96. The molecule has 0 heterocycles. The Morgan fingerprint density at radius 1 is 1.38 bits per heavy atom. The first-order valence-electron chi connectivity index (χ1n) is 5.45. The summed E-state index contributed by atoms with van der Waals surface area (Å²) in [5.41, 5.74) is 0. The average molecular weight is 179 g/mol. The lowest BCUT2D eigenvalue weighted by atomic mass is 9.94. The van der Waals surface area contributed by atoms with Crippen LogP contribution in [-0.4, -0.2) is 13.1 Å². The average Bonchev–Trinajstić information content (AvgIpc) is 2.65. The molecule has 0 aromatic rings. The van der Waals surface area contributed by atoms with Crippen LogP contribution in [0.2, 0.25) is 0 Å². The summed E-state index contributed by atoms with van der Waals surface area (Å²) < 4.78 is 0. The molecule has 0 bridgehead atoms. The van der Waals surface area contributed by atoms with E-state index < -0.39 is 0 Å². The Morgan fingerprint density at radius 2 is 2.08 bits per heavy atom. The molecule has 1 N–H and O–H groups in total. The summed E-state index contributed by atoms with van der Waals surface area (Å²) in [5.74, 6) is 7.03. The van der Waals surface area contributed by atoms with Crippen molar-refractivity contribution in [1.29, 1.82) is 0 Å². The highest BCUT2D eigenvalue weighted by atomic mass is 14.9. The van der Waals surface area contributed by atoms with Crippen molar-refractivity contribution in [2.45, 2.75) is 51.5 Å². The fourth-order valence-corrected chi connectivity index (χ4v) is 2.33. The molecule has 1 atom stereocenters. The van der Waals surface area contributed by atoms with Crippen molar-refractivity contribution in [3.05, 3.63) is 0 Å². The monoisotopic (exact) mass is 179 g/mol. The molecule has 0 spiro atoms. The van der Waals surface area contributed by atoms with E-state index >= 15 is 0 Å². The van der Waals surface area contributed by atoms with Gasteiger partial charge in [-0.3, -0.25) is 0 Å². The minimum absolute atomic E-state index is 0.711. The zero-order chi connectivity index (χ0) is 9.52. The van der Waals surface area contributed by atoms with Gasteiger partial charge in [0.15, 0.2) is 0 Å². The molecule has 0 saturated heterocycles. The molecule has 1 aliphatic carbocycles. The van der Waals surface area contributed by atoms with Crippen LogP contribution in [0.1, 0.15) is 45.4 Å². The van der Waals surface area contributed by atoms with Crippen molar-refractivity contribution >= 4 is 0 Å². The molecule has 0 radical (unpaired) electrons. The zero-order valence-corrected chi connectivity index (χ0v) is 8.90. The van der Waals surface area contributed by atoms with Gasteiger partial charge in [0.25, 0.3) is 0 Å². The Hall–Kier alpha value is -0.480. The molecule has 1 rings (SSSR count). The topological polar surface area (TPSA) is 12.0 Å². The third kappa shape index (κ3) is 3.40. The molecule has 0 amide bonds. The summed E-state index contributed by atoms with van der Waals surface area (Å²) in [4.78, 5) is 0. The smallest absolute Gasteiger partial charge is 0.0103 e. The van der Waals surface area contributed by atoms with Crippen molar-refractivity contribution in [2.24, 2.45) is 5.92 Å². The second-order valence-electron chi connectivity index (χ2n) is 3.91. The molecule has 1 fully saturated rings. The quantitative estimate of drug-likeness (QED) is 0.654. The Kier molecular flexibility index (Phi) is 4.93. The van der Waals surface area contributed by atoms with E-state index in [0.717, 1.165) is 12.3 Å². The lowest BCUT2D eigenvalue weighted by molar-refractivity contribution is 0.363. The van der Waals surface area contributed by atoms with Crippen LogP contribution in [0.15, 0.2) is 0 Å². The second-order valence-corrected chi connectivity index (χ2v) is 3.91. The first-order valence-corrected chi connectivity index (χ1v) is 5.45. The van der Waals surface area contributed by atoms with E-state index in [1.165, 1.54) is 32.1 Å². The van der Waals surface area contributed by atoms with E-state index in [1.807, 2.05) is 6.92 Å². The van der Waals surface area contributed by atoms with Gasteiger partial charge in [-0.25, -0.2) is 0 Å². The molecular weight excluding hydrogens is 158 g/mol. The molecule has 1 nitrogen and oxygen atoms in total. The highest BCUT2D eigenvalue weighted by Crippen LogP contribution is 2.29. The van der Waals surface area contributed by atoms with E-state index in [0.29, 0.717) is 6.04 Å². The Bertz CT molecular complexity index is 181. The van der Waals surface area contributed by atoms with E-state index in [-0.39, 0.29) is 0 Å². The predicted octanol–water partition coefficient (Wildman–Crippen LogP) is 2.57. The summed E-state index contributed by atoms with van der Waals surface area (Å²) in [6.45, 7) is 1.92. The minimum Gasteiger partial charge on any atom is -0.317 e. The van der Waals surface area contributed by atoms with Crippen LogP contribution in [-0.2, 0) is 0 Å². The van der Waals surface area contributed by atoms with Gasteiger partial charge in [0.05, 0.1) is 0 Å². The van der Waals surface area contributed by atoms with E-state index in [4.69, 9.17) is 0 Å².